The third-order valence-electron chi connectivity index (χ3n) is 3.97. The van der Waals surface area contributed by atoms with Gasteiger partial charge in [0, 0.05) is 5.54 Å². The van der Waals surface area contributed by atoms with E-state index in [1.54, 1.807) is 0 Å². The normalized spacial score (nSPS) is 30.4. The van der Waals surface area contributed by atoms with E-state index >= 15 is 0 Å². The number of amides is 1. The van der Waals surface area contributed by atoms with Gasteiger partial charge in [0.1, 0.15) is 0 Å². The molecule has 0 aromatic carbocycles. The van der Waals surface area contributed by atoms with Crippen molar-refractivity contribution in [2.45, 2.75) is 44.6 Å². The first-order chi connectivity index (χ1) is 8.02. The lowest BCUT2D eigenvalue weighted by molar-refractivity contribution is -0.148. The molecule has 2 aliphatic carbocycles. The van der Waals surface area contributed by atoms with E-state index in [0.29, 0.717) is 12.8 Å². The van der Waals surface area contributed by atoms with Gasteiger partial charge >= 0.3 is 5.97 Å². The lowest BCUT2D eigenvalue weighted by atomic mass is 9.76. The Kier molecular flexibility index (Phi) is 3.22. The number of hydrogen-bond donors (Lipinski definition) is 2. The monoisotopic (exact) mass is 237 g/mol. The number of allylic oxidation sites excluding steroid dienone is 2. The molecule has 4 nitrogen and oxygen atoms in total. The predicted molar refractivity (Wildman–Crippen MR) is 63.4 cm³/mol. The van der Waals surface area contributed by atoms with Gasteiger partial charge in [-0.3, -0.25) is 9.59 Å². The summed E-state index contributed by atoms with van der Waals surface area (Å²) in [5.41, 5.74) is -0.0959. The maximum atomic E-state index is 12.1. The SMILES string of the molecule is CC1(NC(=O)C2CC=CCC2C(=O)O)CCC1. The first kappa shape index (κ1) is 12.1. The Hall–Kier alpha value is -1.32. The van der Waals surface area contributed by atoms with Crippen molar-refractivity contribution in [1.29, 1.82) is 0 Å². The van der Waals surface area contributed by atoms with E-state index in [4.69, 9.17) is 5.11 Å². The Bertz CT molecular complexity index is 358. The van der Waals surface area contributed by atoms with Crippen LogP contribution in [0.4, 0.5) is 0 Å². The quantitative estimate of drug-likeness (QED) is 0.734. The molecule has 1 fully saturated rings. The minimum absolute atomic E-state index is 0.0936. The van der Waals surface area contributed by atoms with Gasteiger partial charge in [-0.25, -0.2) is 0 Å². The lowest BCUT2D eigenvalue weighted by Gasteiger charge is -2.40. The summed E-state index contributed by atoms with van der Waals surface area (Å²) < 4.78 is 0. The summed E-state index contributed by atoms with van der Waals surface area (Å²) in [6, 6.07) is 0. The third kappa shape index (κ3) is 2.51. The van der Waals surface area contributed by atoms with Crippen LogP contribution in [0.2, 0.25) is 0 Å². The molecule has 0 aromatic rings. The molecule has 0 spiro atoms. The molecular weight excluding hydrogens is 218 g/mol. The van der Waals surface area contributed by atoms with E-state index in [9.17, 15) is 9.59 Å². The van der Waals surface area contributed by atoms with Gasteiger partial charge in [0.2, 0.25) is 5.91 Å². The highest BCUT2D eigenvalue weighted by Gasteiger charge is 2.39. The second kappa shape index (κ2) is 4.51. The van der Waals surface area contributed by atoms with Crippen LogP contribution in [0, 0.1) is 11.8 Å². The summed E-state index contributed by atoms with van der Waals surface area (Å²) in [6.45, 7) is 2.03. The molecule has 2 rings (SSSR count). The van der Waals surface area contributed by atoms with Crippen LogP contribution in [0.15, 0.2) is 12.2 Å². The molecule has 0 aromatic heterocycles. The maximum absolute atomic E-state index is 12.1. The molecule has 2 atom stereocenters. The molecule has 2 unspecified atom stereocenters. The van der Waals surface area contributed by atoms with E-state index in [1.165, 1.54) is 0 Å². The lowest BCUT2D eigenvalue weighted by Crippen LogP contribution is -2.54. The van der Waals surface area contributed by atoms with E-state index in [0.717, 1.165) is 19.3 Å². The standard InChI is InChI=1S/C13H19NO3/c1-13(7-4-8-13)14-11(15)9-5-2-3-6-10(9)12(16)17/h2-3,9-10H,4-8H2,1H3,(H,14,15)(H,16,17). The van der Waals surface area contributed by atoms with Gasteiger partial charge in [-0.2, -0.15) is 0 Å². The summed E-state index contributed by atoms with van der Waals surface area (Å²) in [5, 5.41) is 12.1. The van der Waals surface area contributed by atoms with Crippen LogP contribution >= 0.6 is 0 Å². The summed E-state index contributed by atoms with van der Waals surface area (Å²) >= 11 is 0. The number of rotatable bonds is 3. The molecule has 0 aliphatic heterocycles. The number of nitrogens with one attached hydrogen (secondary N) is 1. The van der Waals surface area contributed by atoms with Crippen LogP contribution < -0.4 is 5.32 Å². The molecular formula is C13H19NO3. The zero-order valence-corrected chi connectivity index (χ0v) is 10.1. The largest absolute Gasteiger partial charge is 0.481 e. The third-order valence-corrected chi connectivity index (χ3v) is 3.97. The minimum atomic E-state index is -0.867. The number of carboxylic acid groups (broad SMARTS) is 1. The average molecular weight is 237 g/mol. The van der Waals surface area contributed by atoms with Gasteiger partial charge in [-0.15, -0.1) is 0 Å². The fraction of sp³-hybridized carbons (Fsp3) is 0.692. The molecule has 0 bridgehead atoms. The summed E-state index contributed by atoms with van der Waals surface area (Å²) in [7, 11) is 0. The fourth-order valence-corrected chi connectivity index (χ4v) is 2.60. The highest BCUT2D eigenvalue weighted by Crippen LogP contribution is 2.33. The molecule has 17 heavy (non-hydrogen) atoms. The number of carboxylic acids is 1. The molecule has 2 N–H and O–H groups in total. The van der Waals surface area contributed by atoms with Crippen LogP contribution in [0.3, 0.4) is 0 Å². The maximum Gasteiger partial charge on any atom is 0.307 e. The van der Waals surface area contributed by atoms with Crippen molar-refractivity contribution in [3.63, 3.8) is 0 Å². The first-order valence-electron chi connectivity index (χ1n) is 6.22. The van der Waals surface area contributed by atoms with E-state index in [-0.39, 0.29) is 11.4 Å². The van der Waals surface area contributed by atoms with Crippen molar-refractivity contribution < 1.29 is 14.7 Å². The number of carbonyl (C=O) groups excluding carboxylic acids is 1. The molecule has 1 amide bonds. The van der Waals surface area contributed by atoms with Crippen molar-refractivity contribution in [2.24, 2.45) is 11.8 Å². The minimum Gasteiger partial charge on any atom is -0.481 e. The second-order valence-electron chi connectivity index (χ2n) is 5.40. The van der Waals surface area contributed by atoms with Crippen LogP contribution in [-0.2, 0) is 9.59 Å². The van der Waals surface area contributed by atoms with Crippen LogP contribution in [0.25, 0.3) is 0 Å². The zero-order chi connectivity index (χ0) is 12.5. The molecule has 4 heteroatoms. The van der Waals surface area contributed by atoms with Gasteiger partial charge in [0.05, 0.1) is 11.8 Å². The van der Waals surface area contributed by atoms with Gasteiger partial charge in [-0.1, -0.05) is 12.2 Å². The molecule has 0 radical (unpaired) electrons. The van der Waals surface area contributed by atoms with Crippen molar-refractivity contribution in [2.75, 3.05) is 0 Å². The van der Waals surface area contributed by atoms with Crippen molar-refractivity contribution in [3.8, 4) is 0 Å². The topological polar surface area (TPSA) is 66.4 Å². The average Bonchev–Trinajstić information content (AvgIpc) is 2.26. The summed E-state index contributed by atoms with van der Waals surface area (Å²) in [6.07, 6.45) is 7.91. The van der Waals surface area contributed by atoms with Crippen molar-refractivity contribution in [1.82, 2.24) is 5.32 Å². The smallest absolute Gasteiger partial charge is 0.307 e. The Balaban J connectivity index is 2.01. The highest BCUT2D eigenvalue weighted by molar-refractivity contribution is 5.85. The first-order valence-corrected chi connectivity index (χ1v) is 6.22. The van der Waals surface area contributed by atoms with Crippen molar-refractivity contribution in [3.05, 3.63) is 12.2 Å². The zero-order valence-electron chi connectivity index (χ0n) is 10.1. The Labute approximate surface area is 101 Å². The summed E-state index contributed by atoms with van der Waals surface area (Å²) in [4.78, 5) is 23.2. The Morgan fingerprint density at radius 3 is 2.29 bits per heavy atom. The molecule has 0 saturated heterocycles. The molecule has 1 saturated carbocycles. The predicted octanol–water partition coefficient (Wildman–Crippen LogP) is 1.71. The van der Waals surface area contributed by atoms with Crippen LogP contribution in [-0.4, -0.2) is 22.5 Å². The highest BCUT2D eigenvalue weighted by atomic mass is 16.4. The number of carbonyl (C=O) groups is 2. The van der Waals surface area contributed by atoms with Crippen molar-refractivity contribution >= 4 is 11.9 Å². The van der Waals surface area contributed by atoms with Gasteiger partial charge in [0.15, 0.2) is 0 Å². The van der Waals surface area contributed by atoms with E-state index in [2.05, 4.69) is 5.32 Å². The van der Waals surface area contributed by atoms with E-state index < -0.39 is 17.8 Å². The van der Waals surface area contributed by atoms with Crippen LogP contribution in [0.1, 0.15) is 39.0 Å². The molecule has 2 aliphatic rings. The van der Waals surface area contributed by atoms with Gasteiger partial charge < -0.3 is 10.4 Å². The van der Waals surface area contributed by atoms with E-state index in [1.807, 2.05) is 19.1 Å². The second-order valence-corrected chi connectivity index (χ2v) is 5.40. The molecule has 0 heterocycles. The van der Waals surface area contributed by atoms with Gasteiger partial charge in [0.25, 0.3) is 0 Å². The van der Waals surface area contributed by atoms with Gasteiger partial charge in [-0.05, 0) is 39.0 Å². The number of aliphatic carboxylic acids is 1. The molecule has 94 valence electrons. The fourth-order valence-electron chi connectivity index (χ4n) is 2.60. The number of hydrogen-bond acceptors (Lipinski definition) is 2. The summed E-state index contributed by atoms with van der Waals surface area (Å²) in [5.74, 6) is -1.93. The Morgan fingerprint density at radius 1 is 1.24 bits per heavy atom. The van der Waals surface area contributed by atoms with Crippen LogP contribution in [0.5, 0.6) is 0 Å². The Morgan fingerprint density at radius 2 is 1.82 bits per heavy atom.